The van der Waals surface area contributed by atoms with Crippen molar-refractivity contribution in [2.24, 2.45) is 7.05 Å². The molecule has 0 fully saturated rings. The Labute approximate surface area is 91.2 Å². The molecule has 0 aliphatic rings. The van der Waals surface area contributed by atoms with Crippen LogP contribution in [0.1, 0.15) is 5.69 Å². The first kappa shape index (κ1) is 9.78. The van der Waals surface area contributed by atoms with Crippen LogP contribution < -0.4 is 5.73 Å². The van der Waals surface area contributed by atoms with Crippen LogP contribution in [0.25, 0.3) is 11.5 Å². The second-order valence-corrected chi connectivity index (χ2v) is 3.52. The maximum absolute atomic E-state index is 5.55. The van der Waals surface area contributed by atoms with Crippen LogP contribution >= 0.6 is 12.2 Å². The van der Waals surface area contributed by atoms with Gasteiger partial charge in [0.25, 0.3) is 0 Å². The van der Waals surface area contributed by atoms with Gasteiger partial charge in [-0.1, -0.05) is 0 Å². The van der Waals surface area contributed by atoms with E-state index in [-0.39, 0.29) is 10.7 Å². The molecule has 0 saturated carbocycles. The number of aryl methyl sites for hydroxylation is 2. The highest BCUT2D eigenvalue weighted by molar-refractivity contribution is 7.71. The molecule has 0 unspecified atom stereocenters. The zero-order valence-electron chi connectivity index (χ0n) is 8.35. The number of anilines is 1. The Bertz CT molecular complexity index is 554. The fraction of sp³-hybridized carbons (Fsp3) is 0.250. The zero-order valence-corrected chi connectivity index (χ0v) is 9.17. The number of nitrogen functional groups attached to an aromatic ring is 1. The fourth-order valence-corrected chi connectivity index (χ4v) is 1.54. The minimum Gasteiger partial charge on any atom is -0.369 e. The van der Waals surface area contributed by atoms with E-state index in [9.17, 15) is 0 Å². The van der Waals surface area contributed by atoms with Gasteiger partial charge in [0.15, 0.2) is 5.82 Å². The van der Waals surface area contributed by atoms with Gasteiger partial charge in [0.2, 0.25) is 10.7 Å². The lowest BCUT2D eigenvalue weighted by Gasteiger charge is -2.01. The van der Waals surface area contributed by atoms with E-state index in [1.807, 2.05) is 20.0 Å². The smallest absolute Gasteiger partial charge is 0.224 e. The molecule has 2 heterocycles. The third-order valence-electron chi connectivity index (χ3n) is 1.91. The highest BCUT2D eigenvalue weighted by Crippen LogP contribution is 2.14. The average Bonchev–Trinajstić information content (AvgIpc) is 2.43. The van der Waals surface area contributed by atoms with Gasteiger partial charge in [-0.25, -0.2) is 0 Å². The molecule has 2 rings (SSSR count). The number of nitrogens with two attached hydrogens (primary N) is 1. The average molecular weight is 222 g/mol. The lowest BCUT2D eigenvalue weighted by molar-refractivity contribution is 0.757. The van der Waals surface area contributed by atoms with Crippen molar-refractivity contribution in [2.45, 2.75) is 6.92 Å². The van der Waals surface area contributed by atoms with Gasteiger partial charge >= 0.3 is 0 Å². The molecule has 0 aromatic carbocycles. The SMILES string of the molecule is Cc1cc(-c2nc(=S)nc(N)[nH]2)n(C)n1. The molecule has 0 aliphatic carbocycles. The minimum absolute atomic E-state index is 0.222. The van der Waals surface area contributed by atoms with Crippen molar-refractivity contribution < 1.29 is 0 Å². The minimum atomic E-state index is 0.222. The van der Waals surface area contributed by atoms with Crippen molar-refractivity contribution >= 4 is 18.2 Å². The highest BCUT2D eigenvalue weighted by Gasteiger charge is 2.07. The van der Waals surface area contributed by atoms with E-state index in [4.69, 9.17) is 18.0 Å². The molecule has 7 heteroatoms. The van der Waals surface area contributed by atoms with Crippen LogP contribution in [-0.2, 0) is 7.05 Å². The quantitative estimate of drug-likeness (QED) is 0.698. The van der Waals surface area contributed by atoms with Gasteiger partial charge in [0.1, 0.15) is 5.69 Å². The number of rotatable bonds is 1. The molecule has 0 radical (unpaired) electrons. The van der Waals surface area contributed by atoms with Crippen molar-refractivity contribution in [3.63, 3.8) is 0 Å². The Kier molecular flexibility index (Phi) is 2.24. The van der Waals surface area contributed by atoms with E-state index < -0.39 is 0 Å². The van der Waals surface area contributed by atoms with Gasteiger partial charge in [-0.15, -0.1) is 0 Å². The summed E-state index contributed by atoms with van der Waals surface area (Å²) < 4.78 is 1.93. The summed E-state index contributed by atoms with van der Waals surface area (Å²) in [4.78, 5) is 10.7. The Balaban J connectivity index is 2.63. The third-order valence-corrected chi connectivity index (χ3v) is 2.10. The van der Waals surface area contributed by atoms with E-state index in [1.54, 1.807) is 4.68 Å². The van der Waals surface area contributed by atoms with Crippen LogP contribution in [-0.4, -0.2) is 24.7 Å². The first-order chi connectivity index (χ1) is 7.06. The molecule has 3 N–H and O–H groups in total. The highest BCUT2D eigenvalue weighted by atomic mass is 32.1. The van der Waals surface area contributed by atoms with Gasteiger partial charge in [-0.2, -0.15) is 15.1 Å². The molecule has 0 aliphatic heterocycles. The largest absolute Gasteiger partial charge is 0.369 e. The van der Waals surface area contributed by atoms with Crippen LogP contribution in [0.4, 0.5) is 5.95 Å². The summed E-state index contributed by atoms with van der Waals surface area (Å²) in [5.41, 5.74) is 7.28. The van der Waals surface area contributed by atoms with E-state index in [1.165, 1.54) is 0 Å². The number of H-pyrrole nitrogens is 1. The zero-order chi connectivity index (χ0) is 11.0. The summed E-state index contributed by atoms with van der Waals surface area (Å²) in [6.07, 6.45) is 0. The lowest BCUT2D eigenvalue weighted by Crippen LogP contribution is -2.02. The maximum atomic E-state index is 5.55. The van der Waals surface area contributed by atoms with E-state index >= 15 is 0 Å². The first-order valence-electron chi connectivity index (χ1n) is 4.31. The van der Waals surface area contributed by atoms with Gasteiger partial charge in [0, 0.05) is 7.05 Å². The number of nitrogens with one attached hydrogen (secondary N) is 1. The fourth-order valence-electron chi connectivity index (χ4n) is 1.35. The van der Waals surface area contributed by atoms with Crippen molar-refractivity contribution in [1.82, 2.24) is 24.7 Å². The van der Waals surface area contributed by atoms with E-state index in [0.29, 0.717) is 5.82 Å². The summed E-state index contributed by atoms with van der Waals surface area (Å²) in [6, 6.07) is 1.90. The van der Waals surface area contributed by atoms with Crippen LogP contribution in [0.3, 0.4) is 0 Å². The molecule has 15 heavy (non-hydrogen) atoms. The van der Waals surface area contributed by atoms with Crippen molar-refractivity contribution in [1.29, 1.82) is 0 Å². The summed E-state index contributed by atoms with van der Waals surface area (Å²) >= 11 is 4.89. The predicted molar refractivity (Wildman–Crippen MR) is 58.6 cm³/mol. The number of hydrogen-bond donors (Lipinski definition) is 2. The van der Waals surface area contributed by atoms with Gasteiger partial charge < -0.3 is 10.7 Å². The van der Waals surface area contributed by atoms with E-state index in [2.05, 4.69) is 20.1 Å². The molecule has 6 nitrogen and oxygen atoms in total. The van der Waals surface area contributed by atoms with Crippen molar-refractivity contribution in [2.75, 3.05) is 5.73 Å². The number of hydrogen-bond acceptors (Lipinski definition) is 5. The van der Waals surface area contributed by atoms with Gasteiger partial charge in [-0.05, 0) is 25.2 Å². The molecule has 78 valence electrons. The molecule has 2 aromatic heterocycles. The van der Waals surface area contributed by atoms with Crippen molar-refractivity contribution in [3.8, 4) is 11.5 Å². The molecule has 0 saturated heterocycles. The normalized spacial score (nSPS) is 10.5. The lowest BCUT2D eigenvalue weighted by atomic mass is 10.3. The number of nitrogens with zero attached hydrogens (tertiary/aromatic N) is 4. The Morgan fingerprint density at radius 2 is 2.20 bits per heavy atom. The summed E-state index contributed by atoms with van der Waals surface area (Å²) in [5.74, 6) is 0.833. The van der Waals surface area contributed by atoms with Crippen LogP contribution in [0, 0.1) is 11.7 Å². The van der Waals surface area contributed by atoms with Crippen LogP contribution in [0.15, 0.2) is 6.07 Å². The Morgan fingerprint density at radius 3 is 2.73 bits per heavy atom. The van der Waals surface area contributed by atoms with E-state index in [0.717, 1.165) is 11.4 Å². The molecule has 0 bridgehead atoms. The maximum Gasteiger partial charge on any atom is 0.224 e. The summed E-state index contributed by atoms with van der Waals surface area (Å²) in [5, 5.41) is 4.21. The molecule has 0 atom stereocenters. The number of aromatic nitrogens is 5. The third kappa shape index (κ3) is 1.86. The molecule has 0 spiro atoms. The molecule has 2 aromatic rings. The second kappa shape index (κ2) is 3.43. The van der Waals surface area contributed by atoms with Crippen LogP contribution in [0.5, 0.6) is 0 Å². The first-order valence-corrected chi connectivity index (χ1v) is 4.72. The molecular weight excluding hydrogens is 212 g/mol. The van der Waals surface area contributed by atoms with Gasteiger partial charge in [0.05, 0.1) is 5.69 Å². The van der Waals surface area contributed by atoms with Gasteiger partial charge in [-0.3, -0.25) is 4.68 Å². The summed E-state index contributed by atoms with van der Waals surface area (Å²) in [7, 11) is 1.83. The summed E-state index contributed by atoms with van der Waals surface area (Å²) in [6.45, 7) is 1.91. The Morgan fingerprint density at radius 1 is 1.47 bits per heavy atom. The molecule has 0 amide bonds. The monoisotopic (exact) mass is 222 g/mol. The topological polar surface area (TPSA) is 85.4 Å². The van der Waals surface area contributed by atoms with Crippen LogP contribution in [0.2, 0.25) is 0 Å². The number of aromatic amines is 1. The predicted octanol–water partition coefficient (Wildman–Crippen LogP) is 0.825. The Hall–Kier alpha value is -1.76. The van der Waals surface area contributed by atoms with Crippen molar-refractivity contribution in [3.05, 3.63) is 16.5 Å². The second-order valence-electron chi connectivity index (χ2n) is 3.16. The molecular formula is C8H10N6S. The standard InChI is InChI=1S/C8H10N6S/c1-4-3-5(14(2)13-4)6-10-7(9)12-8(15)11-6/h3H,1-2H3,(H3,9,10,11,12,15).